The van der Waals surface area contributed by atoms with Crippen LogP contribution in [-0.2, 0) is 0 Å². The van der Waals surface area contributed by atoms with Crippen molar-refractivity contribution in [1.82, 2.24) is 57.3 Å². The first-order chi connectivity index (χ1) is 63.7. The third-order valence-corrected chi connectivity index (χ3v) is 25.1. The lowest BCUT2D eigenvalue weighted by Gasteiger charge is -2.12. The molecule has 17 aromatic carbocycles. The van der Waals surface area contributed by atoms with Gasteiger partial charge < -0.3 is 13.7 Å². The van der Waals surface area contributed by atoms with E-state index in [2.05, 4.69) is 410 Å². The fraction of sp³-hybridized carbons (Fsp3) is 0.0172. The summed E-state index contributed by atoms with van der Waals surface area (Å²) in [5.74, 6) is 1.62. The smallest absolute Gasteiger partial charge is 0.235 e. The Morgan fingerprint density at radius 1 is 0.178 bits per heavy atom. The topological polar surface area (TPSA) is 107 Å². The first-order valence-corrected chi connectivity index (χ1v) is 43.4. The highest BCUT2D eigenvalue weighted by atomic mass is 19.1. The van der Waals surface area contributed by atoms with Crippen LogP contribution < -0.4 is 0 Å². The Morgan fingerprint density at radius 3 is 0.721 bits per heavy atom. The van der Waals surface area contributed by atoms with Crippen LogP contribution in [0.25, 0.3) is 222 Å². The number of fused-ring (bicyclic) bond motifs is 18. The molecule has 0 fully saturated rings. The number of aromatic nitrogens is 12. The molecule has 0 unspecified atom stereocenters. The van der Waals surface area contributed by atoms with Gasteiger partial charge >= 0.3 is 0 Å². The molecule has 0 aliphatic heterocycles. The fourth-order valence-electron chi connectivity index (χ4n) is 19.5. The Balaban J connectivity index is 0.000000109. The minimum absolute atomic E-state index is 0.269. The molecule has 0 saturated carbocycles. The van der Waals surface area contributed by atoms with Crippen molar-refractivity contribution in [1.29, 1.82) is 0 Å². The zero-order valence-corrected chi connectivity index (χ0v) is 70.2. The molecule has 26 rings (SSSR count). The molecular formula is C116H77FN12. The Morgan fingerprint density at radius 2 is 0.419 bits per heavy atom. The SMILES string of the molecule is Cc1cc(C)cc(-c2ccnc(-n3c4ccccc4c4cc(-n5c6ccccc6c6ccccc65)ccc43)n2)c1.Fc1ccc(-c2ccnc(-n3c4ccccc4c4cc(-n5c6ccccc6c6ccccc65)ccc43)n2)cc1.c1ccc(-c2cc(-c3ccccc3)cc(-c3ccnc(-n4c5ccccc5c5cc(-n6c7ccccc7c7ccccc76)ccc54)n3)c2)cc1. The number of halogens is 1. The van der Waals surface area contributed by atoms with Gasteiger partial charge in [0.25, 0.3) is 0 Å². The van der Waals surface area contributed by atoms with E-state index in [-0.39, 0.29) is 5.82 Å². The molecule has 608 valence electrons. The number of hydrogen-bond donors (Lipinski definition) is 0. The first-order valence-electron chi connectivity index (χ1n) is 43.4. The number of benzene rings is 17. The predicted octanol–water partition coefficient (Wildman–Crippen LogP) is 29.1. The monoisotopic (exact) mass is 1660 g/mol. The van der Waals surface area contributed by atoms with Crippen LogP contribution in [0, 0.1) is 19.7 Å². The molecule has 0 aliphatic carbocycles. The van der Waals surface area contributed by atoms with Crippen molar-refractivity contribution in [2.24, 2.45) is 0 Å². The van der Waals surface area contributed by atoms with Crippen LogP contribution in [0.15, 0.2) is 431 Å². The van der Waals surface area contributed by atoms with Gasteiger partial charge in [-0.15, -0.1) is 0 Å². The zero-order valence-electron chi connectivity index (χ0n) is 70.2. The second kappa shape index (κ2) is 31.2. The molecule has 0 radical (unpaired) electrons. The Bertz CT molecular complexity index is 8700. The molecule has 0 N–H and O–H groups in total. The van der Waals surface area contributed by atoms with Crippen LogP contribution in [0.3, 0.4) is 0 Å². The van der Waals surface area contributed by atoms with Gasteiger partial charge in [-0.2, -0.15) is 0 Å². The van der Waals surface area contributed by atoms with Gasteiger partial charge in [-0.1, -0.05) is 242 Å². The van der Waals surface area contributed by atoms with Crippen molar-refractivity contribution in [3.63, 3.8) is 0 Å². The minimum Gasteiger partial charge on any atom is -0.309 e. The van der Waals surface area contributed by atoms with Crippen molar-refractivity contribution in [2.75, 3.05) is 0 Å². The average Bonchev–Trinajstić information content (AvgIpc) is 1.58. The quantitative estimate of drug-likeness (QED) is 0.128. The largest absolute Gasteiger partial charge is 0.309 e. The Hall–Kier alpha value is -17.3. The summed E-state index contributed by atoms with van der Waals surface area (Å²) < 4.78 is 27.1. The van der Waals surface area contributed by atoms with Crippen molar-refractivity contribution >= 4 is 131 Å². The standard InChI is InChI=1S/C46H30N4.C36H26N4.C34H21FN4/c1-3-13-31(14-4-1)33-27-34(32-15-5-2-6-16-32)29-35(28-33)41-25-26-47-46(48-41)50-44-22-12-9-19-39(44)40-30-36(23-24-45(40)50)49-42-20-10-7-17-37(42)38-18-8-11-21-43(38)49;1-23-19-24(2)21-25(20-23)31-17-18-37-36(38-31)40-34-14-8-5-11-29(34)30-22-26(15-16-35(30)40)39-32-12-6-3-9-27(32)28-10-4-7-13-33(28)39;35-23-15-13-22(14-16-23)29-19-20-36-34(37-29)39-32-12-6-3-9-27(32)28-21-24(17-18-33(28)39)38-30-10-4-1-7-25(30)26-8-2-5-11-31(26)38/h1-30H;3-22H,1-2H3;1-21H. The van der Waals surface area contributed by atoms with Crippen LogP contribution in [-0.4, -0.2) is 57.3 Å². The van der Waals surface area contributed by atoms with Gasteiger partial charge in [0.2, 0.25) is 17.8 Å². The van der Waals surface area contributed by atoms with Crippen molar-refractivity contribution in [2.45, 2.75) is 13.8 Å². The van der Waals surface area contributed by atoms with Gasteiger partial charge in [-0.25, -0.2) is 34.3 Å². The summed E-state index contributed by atoms with van der Waals surface area (Å²) >= 11 is 0. The van der Waals surface area contributed by atoms with Crippen LogP contribution >= 0.6 is 0 Å². The summed E-state index contributed by atoms with van der Waals surface area (Å²) in [4.78, 5) is 29.5. The van der Waals surface area contributed by atoms with Crippen LogP contribution in [0.5, 0.6) is 0 Å². The molecule has 9 heterocycles. The van der Waals surface area contributed by atoms with E-state index in [1.54, 1.807) is 18.3 Å². The highest BCUT2D eigenvalue weighted by Crippen LogP contribution is 2.43. The normalized spacial score (nSPS) is 11.7. The molecule has 0 bridgehead atoms. The van der Waals surface area contributed by atoms with Crippen molar-refractivity contribution in [3.8, 4) is 90.9 Å². The van der Waals surface area contributed by atoms with Gasteiger partial charge in [-0.05, 0) is 218 Å². The van der Waals surface area contributed by atoms with Gasteiger partial charge in [0, 0.05) is 117 Å². The lowest BCUT2D eigenvalue weighted by molar-refractivity contribution is 0.628. The predicted molar refractivity (Wildman–Crippen MR) is 529 cm³/mol. The molecule has 0 saturated heterocycles. The van der Waals surface area contributed by atoms with E-state index in [0.29, 0.717) is 17.8 Å². The second-order valence-corrected chi connectivity index (χ2v) is 32.9. The molecule has 0 amide bonds. The third-order valence-electron chi connectivity index (χ3n) is 25.1. The average molecular weight is 1660 g/mol. The van der Waals surface area contributed by atoms with E-state index < -0.39 is 0 Å². The molecule has 129 heavy (non-hydrogen) atoms. The van der Waals surface area contributed by atoms with Crippen LogP contribution in [0.1, 0.15) is 11.1 Å². The van der Waals surface area contributed by atoms with Crippen LogP contribution in [0.2, 0.25) is 0 Å². The molecule has 0 spiro atoms. The molecule has 0 atom stereocenters. The summed E-state index contributed by atoms with van der Waals surface area (Å²) in [7, 11) is 0. The molecule has 12 nitrogen and oxygen atoms in total. The summed E-state index contributed by atoms with van der Waals surface area (Å²) in [5, 5.41) is 14.4. The molecular weight excluding hydrogens is 1580 g/mol. The molecule has 0 aliphatic rings. The highest BCUT2D eigenvalue weighted by molar-refractivity contribution is 6.16. The maximum absolute atomic E-state index is 13.5. The maximum atomic E-state index is 13.5. The Kier molecular flexibility index (Phi) is 18.2. The van der Waals surface area contributed by atoms with Crippen molar-refractivity contribution in [3.05, 3.63) is 448 Å². The number of para-hydroxylation sites is 9. The number of rotatable bonds is 11. The third kappa shape index (κ3) is 13.0. The summed E-state index contributed by atoms with van der Waals surface area (Å²) in [5.41, 5.74) is 29.5. The van der Waals surface area contributed by atoms with E-state index in [1.807, 2.05) is 36.7 Å². The Labute approximate surface area is 740 Å². The van der Waals surface area contributed by atoms with Gasteiger partial charge in [0.1, 0.15) is 5.82 Å². The summed E-state index contributed by atoms with van der Waals surface area (Å²) in [6.45, 7) is 4.25. The number of aryl methyl sites for hydroxylation is 2. The van der Waals surface area contributed by atoms with E-state index in [9.17, 15) is 4.39 Å². The van der Waals surface area contributed by atoms with Gasteiger partial charge in [0.15, 0.2) is 0 Å². The van der Waals surface area contributed by atoms with Crippen LogP contribution in [0.4, 0.5) is 4.39 Å². The summed E-state index contributed by atoms with van der Waals surface area (Å²) in [6, 6.07) is 144. The molecule has 13 heteroatoms. The second-order valence-electron chi connectivity index (χ2n) is 32.9. The maximum Gasteiger partial charge on any atom is 0.235 e. The van der Waals surface area contributed by atoms with Crippen molar-refractivity contribution < 1.29 is 4.39 Å². The molecule has 9 aromatic heterocycles. The highest BCUT2D eigenvalue weighted by Gasteiger charge is 2.24. The number of hydrogen-bond acceptors (Lipinski definition) is 6. The van der Waals surface area contributed by atoms with E-state index >= 15 is 0 Å². The van der Waals surface area contributed by atoms with Gasteiger partial charge in [-0.3, -0.25) is 13.7 Å². The fourth-order valence-corrected chi connectivity index (χ4v) is 19.5. The summed E-state index contributed by atoms with van der Waals surface area (Å²) in [6.07, 6.45) is 5.50. The lowest BCUT2D eigenvalue weighted by Crippen LogP contribution is -2.02. The molecule has 26 aromatic rings. The van der Waals surface area contributed by atoms with E-state index in [4.69, 9.17) is 24.9 Å². The lowest BCUT2D eigenvalue weighted by atomic mass is 9.95. The van der Waals surface area contributed by atoms with Gasteiger partial charge in [0.05, 0.1) is 83.3 Å². The van der Waals surface area contributed by atoms with E-state index in [1.165, 1.54) is 111 Å². The zero-order chi connectivity index (χ0) is 85.7. The number of nitrogens with zero attached hydrogens (tertiary/aromatic N) is 12. The minimum atomic E-state index is -0.269. The first kappa shape index (κ1) is 75.5. The van der Waals surface area contributed by atoms with E-state index in [0.717, 1.165) is 117 Å².